The lowest BCUT2D eigenvalue weighted by atomic mass is 9.82. The van der Waals surface area contributed by atoms with E-state index in [-0.39, 0.29) is 5.92 Å². The summed E-state index contributed by atoms with van der Waals surface area (Å²) in [6, 6.07) is 7.82. The highest BCUT2D eigenvalue weighted by Gasteiger charge is 2.27. The maximum absolute atomic E-state index is 12.6. The SMILES string of the molecule is CCN(Cc1cccc(N)c1)C(=O)C1CCC(C)CC1. The lowest BCUT2D eigenvalue weighted by Gasteiger charge is -2.30. The number of rotatable bonds is 4. The number of anilines is 1. The average Bonchev–Trinajstić information content (AvgIpc) is 2.45. The molecule has 20 heavy (non-hydrogen) atoms. The number of hydrogen-bond donors (Lipinski definition) is 1. The molecule has 1 fully saturated rings. The molecule has 3 nitrogen and oxygen atoms in total. The first-order valence-corrected chi connectivity index (χ1v) is 7.73. The Morgan fingerprint density at radius 1 is 1.30 bits per heavy atom. The highest BCUT2D eigenvalue weighted by atomic mass is 16.2. The topological polar surface area (TPSA) is 46.3 Å². The van der Waals surface area contributed by atoms with Gasteiger partial charge >= 0.3 is 0 Å². The Balaban J connectivity index is 1.99. The first-order chi connectivity index (χ1) is 9.60. The molecule has 0 saturated heterocycles. The van der Waals surface area contributed by atoms with Crippen molar-refractivity contribution in [3.63, 3.8) is 0 Å². The molecule has 2 rings (SSSR count). The summed E-state index contributed by atoms with van der Waals surface area (Å²) in [5, 5.41) is 0. The normalized spacial score (nSPS) is 22.5. The molecule has 1 saturated carbocycles. The van der Waals surface area contributed by atoms with Gasteiger partial charge in [-0.25, -0.2) is 0 Å². The van der Waals surface area contributed by atoms with Crippen molar-refractivity contribution in [3.8, 4) is 0 Å². The molecule has 1 aromatic carbocycles. The Bertz CT molecular complexity index is 450. The zero-order valence-corrected chi connectivity index (χ0v) is 12.6. The van der Waals surface area contributed by atoms with Gasteiger partial charge in [0.25, 0.3) is 0 Å². The molecular formula is C17H26N2O. The molecule has 1 aliphatic carbocycles. The van der Waals surface area contributed by atoms with Gasteiger partial charge in [-0.2, -0.15) is 0 Å². The smallest absolute Gasteiger partial charge is 0.225 e. The van der Waals surface area contributed by atoms with Crippen LogP contribution < -0.4 is 5.73 Å². The second-order valence-electron chi connectivity index (χ2n) is 6.05. The van der Waals surface area contributed by atoms with E-state index in [1.807, 2.05) is 29.2 Å². The van der Waals surface area contributed by atoms with Crippen LogP contribution in [0.5, 0.6) is 0 Å². The van der Waals surface area contributed by atoms with Crippen LogP contribution in [0, 0.1) is 11.8 Å². The summed E-state index contributed by atoms with van der Waals surface area (Å²) in [6.45, 7) is 5.77. The summed E-state index contributed by atoms with van der Waals surface area (Å²) in [7, 11) is 0. The number of amides is 1. The summed E-state index contributed by atoms with van der Waals surface area (Å²) in [5.41, 5.74) is 7.68. The Morgan fingerprint density at radius 2 is 2.00 bits per heavy atom. The molecule has 0 spiro atoms. The molecular weight excluding hydrogens is 248 g/mol. The quantitative estimate of drug-likeness (QED) is 0.855. The van der Waals surface area contributed by atoms with Crippen LogP contribution in [0.15, 0.2) is 24.3 Å². The fourth-order valence-electron chi connectivity index (χ4n) is 3.02. The van der Waals surface area contributed by atoms with Crippen molar-refractivity contribution in [1.29, 1.82) is 0 Å². The number of benzene rings is 1. The minimum atomic E-state index is 0.229. The highest BCUT2D eigenvalue weighted by Crippen LogP contribution is 2.29. The number of nitrogen functional groups attached to an aromatic ring is 1. The zero-order valence-electron chi connectivity index (χ0n) is 12.6. The van der Waals surface area contributed by atoms with Crippen LogP contribution >= 0.6 is 0 Å². The van der Waals surface area contributed by atoms with Crippen LogP contribution in [0.4, 0.5) is 5.69 Å². The van der Waals surface area contributed by atoms with E-state index in [0.29, 0.717) is 12.5 Å². The summed E-state index contributed by atoms with van der Waals surface area (Å²) in [4.78, 5) is 14.6. The third kappa shape index (κ3) is 3.75. The number of carbonyl (C=O) groups is 1. The van der Waals surface area contributed by atoms with Crippen molar-refractivity contribution in [2.75, 3.05) is 12.3 Å². The standard InChI is InChI=1S/C17H26N2O/c1-3-19(12-14-5-4-6-16(18)11-14)17(20)15-9-7-13(2)8-10-15/h4-6,11,13,15H,3,7-10,12,18H2,1-2H3. The Morgan fingerprint density at radius 3 is 2.60 bits per heavy atom. The van der Waals surface area contributed by atoms with Crippen LogP contribution in [-0.4, -0.2) is 17.4 Å². The molecule has 1 aromatic rings. The molecule has 0 aromatic heterocycles. The van der Waals surface area contributed by atoms with Gasteiger partial charge in [0.1, 0.15) is 0 Å². The first kappa shape index (κ1) is 14.9. The number of nitrogens with two attached hydrogens (primary N) is 1. The van der Waals surface area contributed by atoms with E-state index in [4.69, 9.17) is 5.73 Å². The van der Waals surface area contributed by atoms with E-state index < -0.39 is 0 Å². The van der Waals surface area contributed by atoms with Crippen LogP contribution in [0.3, 0.4) is 0 Å². The lowest BCUT2D eigenvalue weighted by Crippen LogP contribution is -2.37. The van der Waals surface area contributed by atoms with E-state index in [1.165, 1.54) is 12.8 Å². The second-order valence-corrected chi connectivity index (χ2v) is 6.05. The molecule has 0 heterocycles. The van der Waals surface area contributed by atoms with Gasteiger partial charge in [0.05, 0.1) is 0 Å². The van der Waals surface area contributed by atoms with Gasteiger partial charge in [-0.15, -0.1) is 0 Å². The van der Waals surface area contributed by atoms with E-state index in [9.17, 15) is 4.79 Å². The van der Waals surface area contributed by atoms with Gasteiger partial charge in [0.15, 0.2) is 0 Å². The number of nitrogens with zero attached hydrogens (tertiary/aromatic N) is 1. The lowest BCUT2D eigenvalue weighted by molar-refractivity contribution is -0.137. The van der Waals surface area contributed by atoms with Crippen LogP contribution in [0.2, 0.25) is 0 Å². The summed E-state index contributed by atoms with van der Waals surface area (Å²) < 4.78 is 0. The number of carbonyl (C=O) groups excluding carboxylic acids is 1. The van der Waals surface area contributed by atoms with Crippen molar-refractivity contribution >= 4 is 11.6 Å². The maximum Gasteiger partial charge on any atom is 0.225 e. The summed E-state index contributed by atoms with van der Waals surface area (Å²) in [5.74, 6) is 1.33. The molecule has 0 radical (unpaired) electrons. The third-order valence-corrected chi connectivity index (χ3v) is 4.38. The van der Waals surface area contributed by atoms with Gasteiger partial charge in [0.2, 0.25) is 5.91 Å². The van der Waals surface area contributed by atoms with E-state index in [1.54, 1.807) is 0 Å². The summed E-state index contributed by atoms with van der Waals surface area (Å²) in [6.07, 6.45) is 4.47. The predicted molar refractivity (Wildman–Crippen MR) is 83.1 cm³/mol. The third-order valence-electron chi connectivity index (χ3n) is 4.38. The minimum Gasteiger partial charge on any atom is -0.399 e. The van der Waals surface area contributed by atoms with E-state index in [2.05, 4.69) is 13.8 Å². The predicted octanol–water partition coefficient (Wildman–Crippen LogP) is 3.44. The van der Waals surface area contributed by atoms with E-state index >= 15 is 0 Å². The largest absolute Gasteiger partial charge is 0.399 e. The second kappa shape index (κ2) is 6.78. The van der Waals surface area contributed by atoms with Crippen molar-refractivity contribution in [3.05, 3.63) is 29.8 Å². The Hall–Kier alpha value is -1.51. The van der Waals surface area contributed by atoms with E-state index in [0.717, 1.165) is 36.6 Å². The monoisotopic (exact) mass is 274 g/mol. The molecule has 1 aliphatic rings. The van der Waals surface area contributed by atoms with Gasteiger partial charge in [-0.1, -0.05) is 19.1 Å². The molecule has 3 heteroatoms. The number of hydrogen-bond acceptors (Lipinski definition) is 2. The molecule has 0 bridgehead atoms. The average molecular weight is 274 g/mol. The van der Waals surface area contributed by atoms with Gasteiger partial charge in [0, 0.05) is 24.7 Å². The van der Waals surface area contributed by atoms with Gasteiger partial charge in [-0.3, -0.25) is 4.79 Å². The van der Waals surface area contributed by atoms with Crippen LogP contribution in [-0.2, 0) is 11.3 Å². The fourth-order valence-corrected chi connectivity index (χ4v) is 3.02. The molecule has 0 atom stereocenters. The molecule has 1 amide bonds. The van der Waals surface area contributed by atoms with Crippen molar-refractivity contribution in [2.24, 2.45) is 11.8 Å². The fraction of sp³-hybridized carbons (Fsp3) is 0.588. The van der Waals surface area contributed by atoms with Gasteiger partial charge in [-0.05, 0) is 56.2 Å². The molecule has 2 N–H and O–H groups in total. The molecule has 0 unspecified atom stereocenters. The Labute approximate surface area is 122 Å². The van der Waals surface area contributed by atoms with Crippen molar-refractivity contribution in [1.82, 2.24) is 4.90 Å². The molecule has 0 aliphatic heterocycles. The van der Waals surface area contributed by atoms with Crippen molar-refractivity contribution in [2.45, 2.75) is 46.1 Å². The van der Waals surface area contributed by atoms with Crippen molar-refractivity contribution < 1.29 is 4.79 Å². The van der Waals surface area contributed by atoms with Gasteiger partial charge < -0.3 is 10.6 Å². The maximum atomic E-state index is 12.6. The summed E-state index contributed by atoms with van der Waals surface area (Å²) >= 11 is 0. The minimum absolute atomic E-state index is 0.229. The Kier molecular flexibility index (Phi) is 5.05. The van der Waals surface area contributed by atoms with Crippen LogP contribution in [0.1, 0.15) is 45.1 Å². The zero-order chi connectivity index (χ0) is 14.5. The first-order valence-electron chi connectivity index (χ1n) is 7.73. The van der Waals surface area contributed by atoms with Crippen LogP contribution in [0.25, 0.3) is 0 Å². The molecule has 110 valence electrons. The highest BCUT2D eigenvalue weighted by molar-refractivity contribution is 5.79.